The van der Waals surface area contributed by atoms with Gasteiger partial charge in [-0.3, -0.25) is 4.55 Å². The van der Waals surface area contributed by atoms with Crippen molar-refractivity contribution in [1.82, 2.24) is 0 Å². The lowest BCUT2D eigenvalue weighted by Crippen LogP contribution is -2.38. The van der Waals surface area contributed by atoms with Gasteiger partial charge in [-0.25, -0.2) is 4.39 Å². The minimum absolute atomic E-state index is 0.990. The molecule has 0 fully saturated rings. The molecule has 0 saturated carbocycles. The van der Waals surface area contributed by atoms with Crippen LogP contribution in [0.1, 0.15) is 19.3 Å². The second-order valence-corrected chi connectivity index (χ2v) is 4.51. The van der Waals surface area contributed by atoms with Crippen molar-refractivity contribution in [2.24, 2.45) is 0 Å². The molecule has 0 aliphatic heterocycles. The summed E-state index contributed by atoms with van der Waals surface area (Å²) in [4.78, 5) is 0. The SMILES string of the molecule is O=S(=O)(O)C(F)(F)C(F)CCCC(F)(F)F. The quantitative estimate of drug-likeness (QED) is 0.619. The largest absolute Gasteiger partial charge is 0.400 e. The third-order valence-corrected chi connectivity index (χ3v) is 2.57. The summed E-state index contributed by atoms with van der Waals surface area (Å²) in [6, 6.07) is 0. The Morgan fingerprint density at radius 2 is 1.56 bits per heavy atom. The molecule has 1 N–H and O–H groups in total. The summed E-state index contributed by atoms with van der Waals surface area (Å²) in [7, 11) is -5.96. The molecule has 1 unspecified atom stereocenters. The first-order valence-electron chi connectivity index (χ1n) is 3.93. The molecule has 0 rings (SSSR count). The van der Waals surface area contributed by atoms with E-state index in [-0.39, 0.29) is 0 Å². The summed E-state index contributed by atoms with van der Waals surface area (Å²) in [5.74, 6) is 0. The average molecular weight is 274 g/mol. The first-order chi connectivity index (χ1) is 6.88. The zero-order valence-electron chi connectivity index (χ0n) is 7.64. The molecule has 0 aromatic carbocycles. The van der Waals surface area contributed by atoms with Crippen LogP contribution in [0.5, 0.6) is 0 Å². The molecule has 0 bridgehead atoms. The van der Waals surface area contributed by atoms with E-state index < -0.39 is 47.0 Å². The Labute approximate surface area is 87.2 Å². The first-order valence-corrected chi connectivity index (χ1v) is 5.37. The molecule has 0 amide bonds. The van der Waals surface area contributed by atoms with Gasteiger partial charge in [0.25, 0.3) is 0 Å². The highest BCUT2D eigenvalue weighted by atomic mass is 32.2. The zero-order valence-corrected chi connectivity index (χ0v) is 8.45. The van der Waals surface area contributed by atoms with Crippen molar-refractivity contribution >= 4 is 10.1 Å². The van der Waals surface area contributed by atoms with E-state index in [0.717, 1.165) is 0 Å². The van der Waals surface area contributed by atoms with E-state index in [2.05, 4.69) is 0 Å². The third kappa shape index (κ3) is 4.56. The van der Waals surface area contributed by atoms with Gasteiger partial charge in [0.05, 0.1) is 0 Å². The average Bonchev–Trinajstić information content (AvgIpc) is 1.99. The number of rotatable bonds is 5. The summed E-state index contributed by atoms with van der Waals surface area (Å²) in [6.45, 7) is 0. The monoisotopic (exact) mass is 274 g/mol. The van der Waals surface area contributed by atoms with Crippen LogP contribution in [0.4, 0.5) is 26.3 Å². The highest BCUT2D eigenvalue weighted by molar-refractivity contribution is 7.86. The fraction of sp³-hybridized carbons (Fsp3) is 1.00. The predicted molar refractivity (Wildman–Crippen MR) is 41.3 cm³/mol. The molecule has 0 saturated heterocycles. The zero-order chi connectivity index (χ0) is 13.2. The minimum atomic E-state index is -5.96. The summed E-state index contributed by atoms with van der Waals surface area (Å²) in [5.41, 5.74) is 0. The molecule has 10 heteroatoms. The van der Waals surface area contributed by atoms with E-state index >= 15 is 0 Å². The number of alkyl halides is 6. The normalized spacial score (nSPS) is 16.2. The molecule has 0 aliphatic rings. The Morgan fingerprint density at radius 3 is 1.88 bits per heavy atom. The van der Waals surface area contributed by atoms with E-state index in [9.17, 15) is 34.8 Å². The van der Waals surface area contributed by atoms with Crippen molar-refractivity contribution in [2.75, 3.05) is 0 Å². The Kier molecular flexibility index (Phi) is 4.63. The number of halogens is 6. The maximum absolute atomic E-state index is 12.6. The molecular weight excluding hydrogens is 266 g/mol. The van der Waals surface area contributed by atoms with Gasteiger partial charge >= 0.3 is 21.5 Å². The molecular formula is C6H8F6O3S. The molecule has 0 heterocycles. The van der Waals surface area contributed by atoms with Crippen LogP contribution in [-0.4, -0.2) is 30.6 Å². The van der Waals surface area contributed by atoms with Crippen molar-refractivity contribution in [1.29, 1.82) is 0 Å². The summed E-state index contributed by atoms with van der Waals surface area (Å²) in [5, 5.41) is -5.08. The lowest BCUT2D eigenvalue weighted by Gasteiger charge is -2.17. The number of hydrogen-bond acceptors (Lipinski definition) is 2. The van der Waals surface area contributed by atoms with E-state index in [1.807, 2.05) is 0 Å². The molecule has 98 valence electrons. The van der Waals surface area contributed by atoms with Crippen molar-refractivity contribution in [3.63, 3.8) is 0 Å². The van der Waals surface area contributed by atoms with Crippen LogP contribution in [-0.2, 0) is 10.1 Å². The third-order valence-electron chi connectivity index (χ3n) is 1.63. The maximum atomic E-state index is 12.6. The van der Waals surface area contributed by atoms with E-state index in [1.54, 1.807) is 0 Å². The van der Waals surface area contributed by atoms with Gasteiger partial charge in [0, 0.05) is 6.42 Å². The smallest absolute Gasteiger partial charge is 0.281 e. The Morgan fingerprint density at radius 1 is 1.12 bits per heavy atom. The number of hydrogen-bond donors (Lipinski definition) is 1. The summed E-state index contributed by atoms with van der Waals surface area (Å²) < 4.78 is 100. The van der Waals surface area contributed by atoms with Gasteiger partial charge < -0.3 is 0 Å². The fourth-order valence-corrected chi connectivity index (χ4v) is 1.25. The molecule has 0 aromatic rings. The summed E-state index contributed by atoms with van der Waals surface area (Å²) in [6.07, 6.45) is -11.8. The van der Waals surface area contributed by atoms with Gasteiger partial charge in [-0.1, -0.05) is 0 Å². The molecule has 16 heavy (non-hydrogen) atoms. The Balaban J connectivity index is 4.33. The van der Waals surface area contributed by atoms with Gasteiger partial charge in [-0.15, -0.1) is 0 Å². The molecule has 0 aromatic heterocycles. The van der Waals surface area contributed by atoms with Gasteiger partial charge in [0.15, 0.2) is 6.17 Å². The van der Waals surface area contributed by atoms with Crippen LogP contribution in [0.25, 0.3) is 0 Å². The lowest BCUT2D eigenvalue weighted by molar-refractivity contribution is -0.137. The highest BCUT2D eigenvalue weighted by Crippen LogP contribution is 2.32. The van der Waals surface area contributed by atoms with Crippen LogP contribution in [0.15, 0.2) is 0 Å². The van der Waals surface area contributed by atoms with E-state index in [4.69, 9.17) is 4.55 Å². The van der Waals surface area contributed by atoms with Crippen LogP contribution in [0.2, 0.25) is 0 Å². The molecule has 0 aliphatic carbocycles. The topological polar surface area (TPSA) is 54.4 Å². The first kappa shape index (κ1) is 15.5. The fourth-order valence-electron chi connectivity index (χ4n) is 0.811. The van der Waals surface area contributed by atoms with E-state index in [0.29, 0.717) is 0 Å². The predicted octanol–water partition coefficient (Wildman–Crippen LogP) is 2.54. The molecule has 1 atom stereocenters. The highest BCUT2D eigenvalue weighted by Gasteiger charge is 2.52. The lowest BCUT2D eigenvalue weighted by atomic mass is 10.2. The van der Waals surface area contributed by atoms with Crippen molar-refractivity contribution in [3.8, 4) is 0 Å². The standard InChI is InChI=1S/C6H8F6O3S/c7-4(2-1-3-5(8,9)10)6(11,12)16(13,14)15/h4H,1-3H2,(H,13,14,15). The van der Waals surface area contributed by atoms with Crippen molar-refractivity contribution in [2.45, 2.75) is 36.9 Å². The van der Waals surface area contributed by atoms with E-state index in [1.165, 1.54) is 0 Å². The second kappa shape index (κ2) is 4.78. The minimum Gasteiger partial charge on any atom is -0.281 e. The maximum Gasteiger partial charge on any atom is 0.400 e. The molecule has 0 radical (unpaired) electrons. The van der Waals surface area contributed by atoms with Gasteiger partial charge in [0.2, 0.25) is 0 Å². The van der Waals surface area contributed by atoms with Crippen LogP contribution in [0, 0.1) is 0 Å². The van der Waals surface area contributed by atoms with Crippen LogP contribution >= 0.6 is 0 Å². The molecule has 0 spiro atoms. The van der Waals surface area contributed by atoms with Gasteiger partial charge in [-0.05, 0) is 12.8 Å². The van der Waals surface area contributed by atoms with Gasteiger partial charge in [0.1, 0.15) is 0 Å². The van der Waals surface area contributed by atoms with Crippen molar-refractivity contribution < 1.29 is 39.3 Å². The second-order valence-electron chi connectivity index (χ2n) is 3.01. The Hall–Kier alpha value is -0.510. The summed E-state index contributed by atoms with van der Waals surface area (Å²) >= 11 is 0. The van der Waals surface area contributed by atoms with Crippen LogP contribution < -0.4 is 0 Å². The van der Waals surface area contributed by atoms with Crippen LogP contribution in [0.3, 0.4) is 0 Å². The van der Waals surface area contributed by atoms with Crippen molar-refractivity contribution in [3.05, 3.63) is 0 Å². The Bertz CT molecular complexity index is 322. The molecule has 3 nitrogen and oxygen atoms in total. The van der Waals surface area contributed by atoms with Gasteiger partial charge in [-0.2, -0.15) is 30.4 Å².